The number of methoxy groups -OCH3 is 1. The van der Waals surface area contributed by atoms with E-state index in [9.17, 15) is 5.11 Å². The number of tetrazole rings is 1. The molecule has 0 aliphatic rings. The largest absolute Gasteiger partial charge is 0.493 e. The van der Waals surface area contributed by atoms with Crippen LogP contribution >= 0.6 is 12.4 Å². The summed E-state index contributed by atoms with van der Waals surface area (Å²) in [5.74, 6) is 1.83. The van der Waals surface area contributed by atoms with Crippen LogP contribution in [0.3, 0.4) is 0 Å². The van der Waals surface area contributed by atoms with Gasteiger partial charge in [-0.15, -0.1) is 17.5 Å². The summed E-state index contributed by atoms with van der Waals surface area (Å²) >= 11 is 0. The Kier molecular flexibility index (Phi) is 8.38. The second kappa shape index (κ2) is 10.8. The molecule has 0 aliphatic heterocycles. The Labute approximate surface area is 176 Å². The number of aliphatic hydroxyl groups is 1. The minimum absolute atomic E-state index is 0. The molecule has 1 heterocycles. The van der Waals surface area contributed by atoms with Crippen molar-refractivity contribution in [3.63, 3.8) is 0 Å². The van der Waals surface area contributed by atoms with Crippen molar-refractivity contribution in [3.8, 4) is 17.2 Å². The number of rotatable bonds is 9. The number of ether oxygens (including phenoxy) is 2. The molecule has 0 saturated heterocycles. The van der Waals surface area contributed by atoms with Crippen LogP contribution in [0.5, 0.6) is 11.5 Å². The molecule has 0 amide bonds. The van der Waals surface area contributed by atoms with Crippen LogP contribution in [0.25, 0.3) is 5.69 Å². The van der Waals surface area contributed by atoms with Gasteiger partial charge in [0.25, 0.3) is 0 Å². The normalized spacial score (nSPS) is 11.6. The number of benzene rings is 2. The van der Waals surface area contributed by atoms with E-state index in [2.05, 4.69) is 20.8 Å². The SMILES string of the molecule is COc1cc(CNCC(C)O)ccc1OCc1nnnn1-c1ccc(C)cc1.Cl. The Morgan fingerprint density at radius 3 is 2.59 bits per heavy atom. The van der Waals surface area contributed by atoms with E-state index in [-0.39, 0.29) is 25.1 Å². The summed E-state index contributed by atoms with van der Waals surface area (Å²) in [4.78, 5) is 0. The van der Waals surface area contributed by atoms with E-state index in [0.29, 0.717) is 30.4 Å². The van der Waals surface area contributed by atoms with Gasteiger partial charge in [-0.25, -0.2) is 0 Å². The van der Waals surface area contributed by atoms with Crippen LogP contribution in [0.2, 0.25) is 0 Å². The fraction of sp³-hybridized carbons (Fsp3) is 0.350. The first-order valence-electron chi connectivity index (χ1n) is 9.09. The quantitative estimate of drug-likeness (QED) is 0.550. The summed E-state index contributed by atoms with van der Waals surface area (Å²) in [6.45, 7) is 5.14. The van der Waals surface area contributed by atoms with Crippen molar-refractivity contribution in [2.75, 3.05) is 13.7 Å². The van der Waals surface area contributed by atoms with Gasteiger partial charge in [0.15, 0.2) is 23.9 Å². The smallest absolute Gasteiger partial charge is 0.194 e. The van der Waals surface area contributed by atoms with E-state index in [1.807, 2.05) is 49.4 Å². The van der Waals surface area contributed by atoms with Crippen molar-refractivity contribution < 1.29 is 14.6 Å². The molecule has 0 fully saturated rings. The van der Waals surface area contributed by atoms with E-state index in [4.69, 9.17) is 9.47 Å². The number of aromatic nitrogens is 4. The van der Waals surface area contributed by atoms with E-state index in [1.54, 1.807) is 18.7 Å². The van der Waals surface area contributed by atoms with Crippen molar-refractivity contribution in [2.45, 2.75) is 33.1 Å². The lowest BCUT2D eigenvalue weighted by Crippen LogP contribution is -2.23. The Balaban J connectivity index is 0.00000300. The lowest BCUT2D eigenvalue weighted by Gasteiger charge is -2.13. The van der Waals surface area contributed by atoms with Gasteiger partial charge in [0.1, 0.15) is 0 Å². The van der Waals surface area contributed by atoms with Crippen molar-refractivity contribution in [1.82, 2.24) is 25.5 Å². The molecule has 2 N–H and O–H groups in total. The highest BCUT2D eigenvalue weighted by molar-refractivity contribution is 5.85. The average Bonchev–Trinajstić information content (AvgIpc) is 3.15. The molecule has 0 spiro atoms. The van der Waals surface area contributed by atoms with Gasteiger partial charge in [-0.3, -0.25) is 0 Å². The molecule has 3 aromatic rings. The van der Waals surface area contributed by atoms with Crippen LogP contribution < -0.4 is 14.8 Å². The number of hydrogen-bond acceptors (Lipinski definition) is 7. The summed E-state index contributed by atoms with van der Waals surface area (Å²) < 4.78 is 13.0. The summed E-state index contributed by atoms with van der Waals surface area (Å²) in [6, 6.07) is 13.7. The van der Waals surface area contributed by atoms with Gasteiger partial charge in [-0.05, 0) is 54.1 Å². The standard InChI is InChI=1S/C20H25N5O3.ClH/c1-14-4-7-17(8-5-14)25-20(22-23-24-25)13-28-18-9-6-16(10-19(18)27-3)12-21-11-15(2)26;/h4-10,15,21,26H,11-13H2,1-3H3;1H. The maximum atomic E-state index is 9.33. The molecule has 2 aromatic carbocycles. The van der Waals surface area contributed by atoms with Gasteiger partial charge in [-0.1, -0.05) is 23.8 Å². The zero-order chi connectivity index (χ0) is 19.9. The highest BCUT2D eigenvalue weighted by Gasteiger charge is 2.12. The Hall–Kier alpha value is -2.68. The lowest BCUT2D eigenvalue weighted by atomic mass is 10.2. The van der Waals surface area contributed by atoms with Gasteiger partial charge >= 0.3 is 0 Å². The third-order valence-corrected chi connectivity index (χ3v) is 4.17. The van der Waals surface area contributed by atoms with E-state index >= 15 is 0 Å². The van der Waals surface area contributed by atoms with E-state index in [0.717, 1.165) is 11.3 Å². The highest BCUT2D eigenvalue weighted by atomic mass is 35.5. The molecule has 0 bridgehead atoms. The van der Waals surface area contributed by atoms with Crippen molar-refractivity contribution >= 4 is 12.4 Å². The number of aryl methyl sites for hydroxylation is 1. The van der Waals surface area contributed by atoms with E-state index in [1.165, 1.54) is 5.56 Å². The minimum atomic E-state index is -0.385. The summed E-state index contributed by atoms with van der Waals surface area (Å²) in [7, 11) is 1.60. The number of nitrogens with zero attached hydrogens (tertiary/aromatic N) is 4. The van der Waals surface area contributed by atoms with Crippen LogP contribution in [0.1, 0.15) is 23.9 Å². The van der Waals surface area contributed by atoms with Crippen LogP contribution in [-0.2, 0) is 13.2 Å². The second-order valence-electron chi connectivity index (χ2n) is 6.60. The molecular formula is C20H26ClN5O3. The van der Waals surface area contributed by atoms with E-state index < -0.39 is 0 Å². The molecule has 1 unspecified atom stereocenters. The van der Waals surface area contributed by atoms with Gasteiger partial charge in [-0.2, -0.15) is 4.68 Å². The predicted octanol–water partition coefficient (Wildman–Crippen LogP) is 2.45. The summed E-state index contributed by atoms with van der Waals surface area (Å²) in [5, 5.41) is 24.4. The second-order valence-corrected chi connectivity index (χ2v) is 6.60. The molecule has 1 aromatic heterocycles. The fourth-order valence-corrected chi connectivity index (χ4v) is 2.69. The van der Waals surface area contributed by atoms with Gasteiger partial charge in [0.05, 0.1) is 18.9 Å². The van der Waals surface area contributed by atoms with Crippen molar-refractivity contribution in [3.05, 3.63) is 59.4 Å². The van der Waals surface area contributed by atoms with Crippen LogP contribution in [-0.4, -0.2) is 45.1 Å². The topological polar surface area (TPSA) is 94.3 Å². The predicted molar refractivity (Wildman–Crippen MR) is 112 cm³/mol. The van der Waals surface area contributed by atoms with Crippen LogP contribution in [0, 0.1) is 6.92 Å². The maximum absolute atomic E-state index is 9.33. The fourth-order valence-electron chi connectivity index (χ4n) is 2.69. The molecular weight excluding hydrogens is 394 g/mol. The Bertz CT molecular complexity index is 899. The van der Waals surface area contributed by atoms with Gasteiger partial charge in [0, 0.05) is 13.1 Å². The zero-order valence-electron chi connectivity index (χ0n) is 16.7. The first-order chi connectivity index (χ1) is 13.6. The van der Waals surface area contributed by atoms with Gasteiger partial charge in [0.2, 0.25) is 0 Å². The number of hydrogen-bond donors (Lipinski definition) is 2. The number of aliphatic hydroxyl groups excluding tert-OH is 1. The first-order valence-corrected chi connectivity index (χ1v) is 9.09. The van der Waals surface area contributed by atoms with Crippen LogP contribution in [0.15, 0.2) is 42.5 Å². The number of halogens is 1. The molecule has 29 heavy (non-hydrogen) atoms. The molecule has 8 nitrogen and oxygen atoms in total. The highest BCUT2D eigenvalue weighted by Crippen LogP contribution is 2.28. The Morgan fingerprint density at radius 1 is 1.14 bits per heavy atom. The maximum Gasteiger partial charge on any atom is 0.194 e. The first kappa shape index (κ1) is 22.6. The third kappa shape index (κ3) is 6.15. The summed E-state index contributed by atoms with van der Waals surface area (Å²) in [5.41, 5.74) is 3.08. The monoisotopic (exact) mass is 419 g/mol. The molecule has 0 aliphatic carbocycles. The molecule has 0 saturated carbocycles. The average molecular weight is 420 g/mol. The molecule has 1 atom stereocenters. The zero-order valence-corrected chi connectivity index (χ0v) is 17.5. The van der Waals surface area contributed by atoms with Crippen molar-refractivity contribution in [1.29, 1.82) is 0 Å². The molecule has 156 valence electrons. The Morgan fingerprint density at radius 2 is 1.90 bits per heavy atom. The molecule has 0 radical (unpaired) electrons. The van der Waals surface area contributed by atoms with Gasteiger partial charge < -0.3 is 19.9 Å². The molecule has 3 rings (SSSR count). The third-order valence-electron chi connectivity index (χ3n) is 4.17. The molecule has 9 heteroatoms. The number of nitrogens with one attached hydrogen (secondary N) is 1. The van der Waals surface area contributed by atoms with Crippen LogP contribution in [0.4, 0.5) is 0 Å². The minimum Gasteiger partial charge on any atom is -0.493 e. The lowest BCUT2D eigenvalue weighted by molar-refractivity contribution is 0.191. The summed E-state index contributed by atoms with van der Waals surface area (Å²) in [6.07, 6.45) is -0.385. The van der Waals surface area contributed by atoms with Crippen molar-refractivity contribution in [2.24, 2.45) is 0 Å².